The highest BCUT2D eigenvalue weighted by atomic mass is 35.5. The second kappa shape index (κ2) is 7.09. The maximum atomic E-state index is 11.4. The maximum Gasteiger partial charge on any atom is 0.252 e. The van der Waals surface area contributed by atoms with Crippen LogP contribution in [0.2, 0.25) is 5.15 Å². The van der Waals surface area contributed by atoms with Gasteiger partial charge in [-0.05, 0) is 31.5 Å². The number of carbonyl (C=O) groups excluding carboxylic acids is 1. The van der Waals surface area contributed by atoms with Gasteiger partial charge in [0.05, 0.1) is 12.1 Å². The van der Waals surface area contributed by atoms with Gasteiger partial charge in [0, 0.05) is 0 Å². The minimum Gasteiger partial charge on any atom is -0.489 e. The smallest absolute Gasteiger partial charge is 0.252 e. The van der Waals surface area contributed by atoms with Gasteiger partial charge in [-0.15, -0.1) is 10.2 Å². The number of primary amides is 1. The first-order valence-electron chi connectivity index (χ1n) is 6.76. The number of ether oxygens (including phenoxy) is 1. The third-order valence-electron chi connectivity index (χ3n) is 3.01. The zero-order chi connectivity index (χ0) is 16.1. The predicted molar refractivity (Wildman–Crippen MR) is 85.3 cm³/mol. The van der Waals surface area contributed by atoms with Gasteiger partial charge in [-0.25, -0.2) is 0 Å². The standard InChI is InChI=1S/C15H17ClN4O2/c1-9-5-3-4-6-12(9)22-10(2)8-18-15-11(14(17)21)7-13(16)19-20-15/h3-7,10H,8H2,1-2H3,(H2,17,21)(H,18,20). The Morgan fingerprint density at radius 3 is 2.82 bits per heavy atom. The molecule has 0 bridgehead atoms. The summed E-state index contributed by atoms with van der Waals surface area (Å²) in [7, 11) is 0. The lowest BCUT2D eigenvalue weighted by Crippen LogP contribution is -2.25. The van der Waals surface area contributed by atoms with Crippen LogP contribution in [-0.2, 0) is 0 Å². The number of amides is 1. The van der Waals surface area contributed by atoms with Crippen LogP contribution in [0.5, 0.6) is 5.75 Å². The van der Waals surface area contributed by atoms with E-state index < -0.39 is 5.91 Å². The van der Waals surface area contributed by atoms with Crippen molar-refractivity contribution in [1.29, 1.82) is 0 Å². The van der Waals surface area contributed by atoms with Gasteiger partial charge in [0.2, 0.25) is 0 Å². The minimum absolute atomic E-state index is 0.114. The number of nitrogens with two attached hydrogens (primary N) is 1. The summed E-state index contributed by atoms with van der Waals surface area (Å²) in [6.07, 6.45) is -0.140. The summed E-state index contributed by atoms with van der Waals surface area (Å²) >= 11 is 5.71. The number of nitrogens with one attached hydrogen (secondary N) is 1. The second-order valence-electron chi connectivity index (χ2n) is 4.87. The normalized spacial score (nSPS) is 11.8. The van der Waals surface area contributed by atoms with Gasteiger partial charge in [-0.3, -0.25) is 4.79 Å². The Hall–Kier alpha value is -2.34. The van der Waals surface area contributed by atoms with Crippen LogP contribution in [0, 0.1) is 6.92 Å². The fraction of sp³-hybridized carbons (Fsp3) is 0.267. The number of aryl methyl sites for hydroxylation is 1. The van der Waals surface area contributed by atoms with E-state index in [4.69, 9.17) is 22.1 Å². The van der Waals surface area contributed by atoms with Gasteiger partial charge in [-0.2, -0.15) is 0 Å². The molecule has 3 N–H and O–H groups in total. The van der Waals surface area contributed by atoms with Crippen molar-refractivity contribution in [2.24, 2.45) is 5.73 Å². The van der Waals surface area contributed by atoms with Crippen LogP contribution >= 0.6 is 11.6 Å². The Morgan fingerprint density at radius 2 is 2.14 bits per heavy atom. The van der Waals surface area contributed by atoms with Crippen LogP contribution in [0.25, 0.3) is 0 Å². The molecule has 0 saturated carbocycles. The van der Waals surface area contributed by atoms with E-state index >= 15 is 0 Å². The molecule has 1 atom stereocenters. The molecule has 1 heterocycles. The molecule has 0 aliphatic rings. The van der Waals surface area contributed by atoms with E-state index in [-0.39, 0.29) is 22.6 Å². The van der Waals surface area contributed by atoms with Gasteiger partial charge in [0.15, 0.2) is 11.0 Å². The van der Waals surface area contributed by atoms with E-state index in [2.05, 4.69) is 15.5 Å². The van der Waals surface area contributed by atoms with Crippen LogP contribution < -0.4 is 15.8 Å². The van der Waals surface area contributed by atoms with E-state index in [9.17, 15) is 4.79 Å². The summed E-state index contributed by atoms with van der Waals surface area (Å²) in [5, 5.41) is 10.7. The molecule has 2 aromatic rings. The Bertz CT molecular complexity index is 678. The molecule has 1 unspecified atom stereocenters. The van der Waals surface area contributed by atoms with Crippen molar-refractivity contribution < 1.29 is 9.53 Å². The first-order chi connectivity index (χ1) is 10.5. The van der Waals surface area contributed by atoms with E-state index in [0.717, 1.165) is 11.3 Å². The van der Waals surface area contributed by atoms with Crippen LogP contribution in [0.15, 0.2) is 30.3 Å². The average Bonchev–Trinajstić information content (AvgIpc) is 2.48. The highest BCUT2D eigenvalue weighted by molar-refractivity contribution is 6.29. The molecule has 0 saturated heterocycles. The van der Waals surface area contributed by atoms with Crippen molar-refractivity contribution in [3.05, 3.63) is 46.6 Å². The molecule has 1 aromatic carbocycles. The number of hydrogen-bond acceptors (Lipinski definition) is 5. The van der Waals surface area contributed by atoms with Crippen LogP contribution in [0.1, 0.15) is 22.8 Å². The summed E-state index contributed by atoms with van der Waals surface area (Å²) < 4.78 is 5.84. The van der Waals surface area contributed by atoms with Crippen LogP contribution in [-0.4, -0.2) is 28.8 Å². The molecule has 0 spiro atoms. The number of nitrogens with zero attached hydrogens (tertiary/aromatic N) is 2. The number of anilines is 1. The lowest BCUT2D eigenvalue weighted by Gasteiger charge is -2.17. The third kappa shape index (κ3) is 4.08. The van der Waals surface area contributed by atoms with Crippen molar-refractivity contribution in [3.8, 4) is 5.75 Å². The lowest BCUT2D eigenvalue weighted by atomic mass is 10.2. The molecule has 1 amide bonds. The molecule has 116 valence electrons. The zero-order valence-corrected chi connectivity index (χ0v) is 13.1. The Kier molecular flexibility index (Phi) is 5.16. The minimum atomic E-state index is -0.619. The summed E-state index contributed by atoms with van der Waals surface area (Å²) in [5.41, 5.74) is 6.55. The molecular weight excluding hydrogens is 304 g/mol. The molecule has 1 aromatic heterocycles. The highest BCUT2D eigenvalue weighted by Gasteiger charge is 2.13. The lowest BCUT2D eigenvalue weighted by molar-refractivity contribution is 0.100. The highest BCUT2D eigenvalue weighted by Crippen LogP contribution is 2.19. The van der Waals surface area contributed by atoms with E-state index in [1.54, 1.807) is 0 Å². The Labute approximate surface area is 133 Å². The molecule has 0 fully saturated rings. The van der Waals surface area contributed by atoms with Crippen molar-refractivity contribution in [2.75, 3.05) is 11.9 Å². The predicted octanol–water partition coefficient (Wildman–Crippen LogP) is 2.42. The molecule has 6 nitrogen and oxygen atoms in total. The Morgan fingerprint density at radius 1 is 1.41 bits per heavy atom. The number of para-hydroxylation sites is 1. The second-order valence-corrected chi connectivity index (χ2v) is 5.26. The molecule has 0 radical (unpaired) electrons. The largest absolute Gasteiger partial charge is 0.489 e. The SMILES string of the molecule is Cc1ccccc1OC(C)CNc1nnc(Cl)cc1C(N)=O. The van der Waals surface area contributed by atoms with E-state index in [1.165, 1.54) is 6.07 Å². The monoisotopic (exact) mass is 320 g/mol. The van der Waals surface area contributed by atoms with Gasteiger partial charge >= 0.3 is 0 Å². The van der Waals surface area contributed by atoms with Crippen molar-refractivity contribution in [2.45, 2.75) is 20.0 Å². The van der Waals surface area contributed by atoms with Crippen molar-refractivity contribution in [1.82, 2.24) is 10.2 Å². The summed E-state index contributed by atoms with van der Waals surface area (Å²) in [6, 6.07) is 9.13. The van der Waals surface area contributed by atoms with E-state index in [0.29, 0.717) is 6.54 Å². The summed E-state index contributed by atoms with van der Waals surface area (Å²) in [5.74, 6) is 0.484. The van der Waals surface area contributed by atoms with Gasteiger partial charge < -0.3 is 15.8 Å². The molecule has 2 rings (SSSR count). The van der Waals surface area contributed by atoms with Crippen LogP contribution in [0.3, 0.4) is 0 Å². The number of benzene rings is 1. The van der Waals surface area contributed by atoms with Crippen molar-refractivity contribution in [3.63, 3.8) is 0 Å². The molecule has 0 aliphatic carbocycles. The number of rotatable bonds is 6. The number of aromatic nitrogens is 2. The fourth-order valence-electron chi connectivity index (χ4n) is 1.87. The van der Waals surface area contributed by atoms with Gasteiger partial charge in [0.25, 0.3) is 5.91 Å². The molecule has 7 heteroatoms. The first-order valence-corrected chi connectivity index (χ1v) is 7.14. The van der Waals surface area contributed by atoms with Gasteiger partial charge in [0.1, 0.15) is 11.9 Å². The summed E-state index contributed by atoms with van der Waals surface area (Å²) in [6.45, 7) is 4.32. The molecule has 0 aliphatic heterocycles. The quantitative estimate of drug-likeness (QED) is 0.853. The average molecular weight is 321 g/mol. The Balaban J connectivity index is 2.01. The number of hydrogen-bond donors (Lipinski definition) is 2. The first kappa shape index (κ1) is 16.0. The summed E-state index contributed by atoms with van der Waals surface area (Å²) in [4.78, 5) is 11.4. The van der Waals surface area contributed by atoms with E-state index in [1.807, 2.05) is 38.1 Å². The number of halogens is 1. The fourth-order valence-corrected chi connectivity index (χ4v) is 2.02. The van der Waals surface area contributed by atoms with Crippen molar-refractivity contribution >= 4 is 23.3 Å². The molecular formula is C15H17ClN4O2. The number of carbonyl (C=O) groups is 1. The van der Waals surface area contributed by atoms with Gasteiger partial charge in [-0.1, -0.05) is 29.8 Å². The zero-order valence-electron chi connectivity index (χ0n) is 12.3. The topological polar surface area (TPSA) is 90.1 Å². The van der Waals surface area contributed by atoms with Crippen LogP contribution in [0.4, 0.5) is 5.82 Å². The maximum absolute atomic E-state index is 11.4. The third-order valence-corrected chi connectivity index (χ3v) is 3.19. The molecule has 22 heavy (non-hydrogen) atoms.